The number of carbonyl (C=O) groups excluding carboxylic acids is 1. The lowest BCUT2D eigenvalue weighted by atomic mass is 9.75. The Kier molecular flexibility index (Phi) is 17.4. The van der Waals surface area contributed by atoms with Crippen molar-refractivity contribution in [2.45, 2.75) is 198 Å². The van der Waals surface area contributed by atoms with Gasteiger partial charge in [-0.1, -0.05) is 45.9 Å². The van der Waals surface area contributed by atoms with Crippen molar-refractivity contribution in [3.05, 3.63) is 30.3 Å². The molecule has 0 unspecified atom stereocenters. The van der Waals surface area contributed by atoms with Crippen LogP contribution < -0.4 is 5.32 Å². The Morgan fingerprint density at radius 1 is 0.938 bits per heavy atom. The third-order valence-corrected chi connectivity index (χ3v) is 14.8. The summed E-state index contributed by atoms with van der Waals surface area (Å²) >= 11 is 0. The van der Waals surface area contributed by atoms with Crippen LogP contribution in [0.15, 0.2) is 35.3 Å². The van der Waals surface area contributed by atoms with E-state index in [2.05, 4.69) is 5.32 Å². The molecule has 0 bridgehead atoms. The smallest absolute Gasteiger partial charge is 0.311 e. The van der Waals surface area contributed by atoms with Gasteiger partial charge in [-0.15, -0.1) is 0 Å². The molecule has 4 aliphatic rings. The second-order valence-electron chi connectivity index (χ2n) is 20.1. The molecule has 5 N–H and O–H groups in total. The zero-order chi connectivity index (χ0) is 47.5. The first-order valence-corrected chi connectivity index (χ1v) is 23.6. The van der Waals surface area contributed by atoms with Crippen LogP contribution in [0.2, 0.25) is 0 Å². The zero-order valence-corrected chi connectivity index (χ0v) is 41.0. The molecule has 0 aliphatic carbocycles. The summed E-state index contributed by atoms with van der Waals surface area (Å²) in [6, 6.07) is 9.29. The zero-order valence-electron chi connectivity index (χ0n) is 41.0. The van der Waals surface area contributed by atoms with Crippen molar-refractivity contribution < 1.29 is 58.4 Å². The van der Waals surface area contributed by atoms with E-state index in [0.29, 0.717) is 25.5 Å². The molecular formula is C48H82N4O12. The Labute approximate surface area is 382 Å². The maximum Gasteiger partial charge on any atom is 0.311 e. The lowest BCUT2D eigenvalue weighted by Crippen LogP contribution is -2.70. The largest absolute Gasteiger partial charge is 0.459 e. The molecule has 64 heavy (non-hydrogen) atoms. The fraction of sp³-hybridized carbons (Fsp3) is 0.833. The summed E-state index contributed by atoms with van der Waals surface area (Å²) in [5.41, 5.74) is -5.23. The molecule has 5 rings (SSSR count). The Hall–Kier alpha value is -2.48. The molecule has 1 aromatic carbocycles. The van der Waals surface area contributed by atoms with Crippen LogP contribution in [0.3, 0.4) is 0 Å². The minimum absolute atomic E-state index is 0.0987. The number of aliphatic hydroxyl groups excluding tert-OH is 1. The number of nitrogens with zero attached hydrogens (tertiary/aromatic N) is 3. The van der Waals surface area contributed by atoms with Gasteiger partial charge in [0.05, 0.1) is 47.7 Å². The van der Waals surface area contributed by atoms with Gasteiger partial charge in [0.15, 0.2) is 18.7 Å². The topological polar surface area (TPSA) is 193 Å². The Morgan fingerprint density at radius 2 is 1.61 bits per heavy atom. The summed E-state index contributed by atoms with van der Waals surface area (Å²) in [7, 11) is 5.36. The van der Waals surface area contributed by atoms with Gasteiger partial charge in [0.2, 0.25) is 0 Å². The highest BCUT2D eigenvalue weighted by molar-refractivity contribution is 5.79. The summed E-state index contributed by atoms with van der Waals surface area (Å²) in [4.78, 5) is 23.4. The van der Waals surface area contributed by atoms with Gasteiger partial charge in [0, 0.05) is 45.6 Å². The second-order valence-corrected chi connectivity index (χ2v) is 20.1. The number of likely N-dealkylation sites (N-methyl/N-ethyl adjacent to an activating group) is 2. The lowest BCUT2D eigenvalue weighted by Gasteiger charge is -2.53. The fourth-order valence-electron chi connectivity index (χ4n) is 10.6. The predicted octanol–water partition coefficient (Wildman–Crippen LogP) is 4.37. The van der Waals surface area contributed by atoms with Gasteiger partial charge in [-0.2, -0.15) is 4.99 Å². The number of esters is 1. The van der Waals surface area contributed by atoms with Crippen LogP contribution in [0.5, 0.6) is 0 Å². The third kappa shape index (κ3) is 11.1. The highest BCUT2D eigenvalue weighted by Gasteiger charge is 2.59. The summed E-state index contributed by atoms with van der Waals surface area (Å²) in [5.74, 6) is -2.62. The molecule has 366 valence electrons. The van der Waals surface area contributed by atoms with E-state index in [1.807, 2.05) is 95.8 Å². The van der Waals surface area contributed by atoms with E-state index in [1.165, 1.54) is 6.92 Å². The fourth-order valence-corrected chi connectivity index (χ4v) is 10.6. The highest BCUT2D eigenvalue weighted by atomic mass is 16.7. The van der Waals surface area contributed by atoms with E-state index >= 15 is 0 Å². The summed E-state index contributed by atoms with van der Waals surface area (Å²) < 4.78 is 46.0. The van der Waals surface area contributed by atoms with E-state index < -0.39 is 95.5 Å². The van der Waals surface area contributed by atoms with Crippen LogP contribution in [-0.2, 0) is 38.0 Å². The number of rotatable bonds is 11. The Balaban J connectivity index is 1.59. The summed E-state index contributed by atoms with van der Waals surface area (Å²) in [6.45, 7) is 21.4. The van der Waals surface area contributed by atoms with E-state index in [0.717, 1.165) is 12.1 Å². The van der Waals surface area contributed by atoms with Crippen LogP contribution in [0.25, 0.3) is 0 Å². The summed E-state index contributed by atoms with van der Waals surface area (Å²) in [6.07, 6.45) is -5.95. The van der Waals surface area contributed by atoms with Gasteiger partial charge < -0.3 is 68.7 Å². The third-order valence-electron chi connectivity index (χ3n) is 14.8. The van der Waals surface area contributed by atoms with Crippen LogP contribution in [0, 0.1) is 17.8 Å². The quantitative estimate of drug-likeness (QED) is 0.155. The minimum atomic E-state index is -1.82. The molecule has 4 aliphatic heterocycles. The average molecular weight is 907 g/mol. The normalized spacial score (nSPS) is 45.0. The van der Waals surface area contributed by atoms with Crippen molar-refractivity contribution in [1.29, 1.82) is 0 Å². The maximum absolute atomic E-state index is 14.6. The van der Waals surface area contributed by atoms with Crippen molar-refractivity contribution in [3.63, 3.8) is 0 Å². The van der Waals surface area contributed by atoms with E-state index in [4.69, 9.17) is 38.2 Å². The molecule has 4 heterocycles. The second kappa shape index (κ2) is 21.2. The van der Waals surface area contributed by atoms with Gasteiger partial charge in [-0.25, -0.2) is 0 Å². The molecule has 4 saturated heterocycles. The van der Waals surface area contributed by atoms with Crippen molar-refractivity contribution in [1.82, 2.24) is 15.1 Å². The standard InChI is InChI=1S/C48H82N4O12/c1-15-22-49-27-48(57)33(8)60-37(25-46(48,10)58-14)62-38-30(5)41(64-43-39-35(23-29(4)59-43)52(13)44(63-39)50-34-20-18-17-19-21-34)45(9,55)24-28(3)26-51(12)32(7)40(53)47(11,56)36(16-2)61-42(54)31(38)6/h17-21,28-33,35-41,43,49,53,55-57H,15-16,22-27H2,1-14H3/t28-,29-,30+,31-,32-,33+,35+,36-,37+,38+,39-,40-,41-,43+,45-,46-,47-,48+/m1/s1. The van der Waals surface area contributed by atoms with Crippen molar-refractivity contribution in [2.75, 3.05) is 40.8 Å². The number of benzene rings is 1. The Bertz CT molecular complexity index is 1690. The van der Waals surface area contributed by atoms with E-state index in [-0.39, 0.29) is 43.9 Å². The van der Waals surface area contributed by atoms with Gasteiger partial charge in [-0.3, -0.25) is 4.79 Å². The average Bonchev–Trinajstić information content (AvgIpc) is 3.55. The number of hydrogen-bond acceptors (Lipinski definition) is 15. The molecule has 0 amide bonds. The van der Waals surface area contributed by atoms with Crippen molar-refractivity contribution >= 4 is 17.7 Å². The van der Waals surface area contributed by atoms with Crippen molar-refractivity contribution in [2.24, 2.45) is 22.7 Å². The van der Waals surface area contributed by atoms with E-state index in [9.17, 15) is 25.2 Å². The minimum Gasteiger partial charge on any atom is -0.459 e. The number of fused-ring (bicyclic) bond motifs is 1. The number of ether oxygens (including phenoxy) is 7. The monoisotopic (exact) mass is 907 g/mol. The number of aliphatic hydroxyl groups is 4. The molecule has 0 saturated carbocycles. The van der Waals surface area contributed by atoms with Crippen molar-refractivity contribution in [3.8, 4) is 0 Å². The number of amidine groups is 1. The number of hydrogen-bond donors (Lipinski definition) is 5. The number of aliphatic imine (C=N–C) groups is 1. The molecule has 18 atom stereocenters. The van der Waals surface area contributed by atoms with Crippen LogP contribution in [0.1, 0.15) is 108 Å². The lowest BCUT2D eigenvalue weighted by molar-refractivity contribution is -0.335. The molecule has 4 fully saturated rings. The first kappa shape index (κ1) is 52.5. The summed E-state index contributed by atoms with van der Waals surface area (Å²) in [5, 5.41) is 52.0. The first-order valence-electron chi connectivity index (χ1n) is 23.6. The predicted molar refractivity (Wildman–Crippen MR) is 243 cm³/mol. The van der Waals surface area contributed by atoms with Crippen LogP contribution in [0.4, 0.5) is 5.69 Å². The van der Waals surface area contributed by atoms with Gasteiger partial charge in [-0.05, 0) is 106 Å². The molecule has 1 aromatic rings. The van der Waals surface area contributed by atoms with Crippen LogP contribution in [-0.4, -0.2) is 173 Å². The number of cyclic esters (lactones) is 1. The Morgan fingerprint density at radius 3 is 2.23 bits per heavy atom. The number of para-hydroxylation sites is 1. The number of methoxy groups -OCH3 is 1. The van der Waals surface area contributed by atoms with Crippen LogP contribution >= 0.6 is 0 Å². The van der Waals surface area contributed by atoms with Gasteiger partial charge >= 0.3 is 5.97 Å². The molecule has 0 spiro atoms. The first-order chi connectivity index (χ1) is 29.9. The number of nitrogens with one attached hydrogen (secondary N) is 1. The molecule has 0 radical (unpaired) electrons. The van der Waals surface area contributed by atoms with Gasteiger partial charge in [0.25, 0.3) is 6.02 Å². The number of carbonyl (C=O) groups is 1. The molecule has 16 heteroatoms. The molecule has 0 aromatic heterocycles. The molecule has 16 nitrogen and oxygen atoms in total. The van der Waals surface area contributed by atoms with E-state index in [1.54, 1.807) is 34.8 Å². The maximum atomic E-state index is 14.6. The highest BCUT2D eigenvalue weighted by Crippen LogP contribution is 2.44. The van der Waals surface area contributed by atoms with Gasteiger partial charge in [0.1, 0.15) is 29.0 Å². The SMILES string of the molecule is CCCNC[C@]1(O)[C@H](C)O[C@@H](O[C@H]2[C@H](C)[C@@H](O[C@@H]3O[C@H](C)C[C@H]4[C@H]3OC(=Nc3ccccc3)N4C)[C@](C)(O)C[C@@H](C)CN(C)[C@H](C)[C@@H](O)[C@](C)(O)[C@@H](CC)OC(=O)[C@@H]2C)C[C@@]1(C)OC. The molecular weight excluding hydrogens is 825 g/mol.